The van der Waals surface area contributed by atoms with E-state index in [1.54, 1.807) is 0 Å². The molecule has 0 aromatic heterocycles. The van der Waals surface area contributed by atoms with Gasteiger partial charge in [-0.25, -0.2) is 4.39 Å². The Balaban J connectivity index is 2.39. The van der Waals surface area contributed by atoms with Crippen molar-refractivity contribution in [1.82, 2.24) is 0 Å². The molecule has 0 aliphatic heterocycles. The Kier molecular flexibility index (Phi) is 2.93. The van der Waals surface area contributed by atoms with Gasteiger partial charge in [-0.2, -0.15) is 0 Å². The summed E-state index contributed by atoms with van der Waals surface area (Å²) >= 11 is 0. The molecule has 0 radical (unpaired) electrons. The van der Waals surface area contributed by atoms with Crippen LogP contribution in [0.15, 0.2) is 0 Å². The molecule has 0 amide bonds. The Hall–Kier alpha value is -0.320. The van der Waals surface area contributed by atoms with E-state index in [0.717, 1.165) is 0 Å². The van der Waals surface area contributed by atoms with Crippen LogP contribution in [0.3, 0.4) is 0 Å². The topological polar surface area (TPSA) is 9.23 Å². The molecule has 1 aliphatic rings. The van der Waals surface area contributed by atoms with Crippen LogP contribution >= 0.6 is 0 Å². The van der Waals surface area contributed by atoms with Crippen LogP contribution in [0, 0.1) is 0 Å². The molecule has 1 nitrogen and oxygen atoms in total. The lowest BCUT2D eigenvalue weighted by molar-refractivity contribution is -0.350. The van der Waals surface area contributed by atoms with Crippen molar-refractivity contribution in [2.45, 2.75) is 44.3 Å². The van der Waals surface area contributed by atoms with Gasteiger partial charge in [-0.3, -0.25) is 4.74 Å². The summed E-state index contributed by atoms with van der Waals surface area (Å²) < 4.78 is 51.2. The van der Waals surface area contributed by atoms with Gasteiger partial charge < -0.3 is 0 Å². The average molecular weight is 186 g/mol. The first-order valence-electron chi connectivity index (χ1n) is 3.87. The summed E-state index contributed by atoms with van der Waals surface area (Å²) in [6.45, 7) is 0. The average Bonchev–Trinajstić information content (AvgIpc) is 1.91. The van der Waals surface area contributed by atoms with Crippen LogP contribution in [0.4, 0.5) is 17.6 Å². The summed E-state index contributed by atoms with van der Waals surface area (Å²) in [6, 6.07) is 0. The Morgan fingerprint density at radius 2 is 1.67 bits per heavy atom. The molecule has 12 heavy (non-hydrogen) atoms. The largest absolute Gasteiger partial charge is 0.522 e. The molecule has 1 fully saturated rings. The van der Waals surface area contributed by atoms with Crippen LogP contribution in [-0.4, -0.2) is 18.6 Å². The third kappa shape index (κ3) is 2.97. The summed E-state index contributed by atoms with van der Waals surface area (Å²) in [7, 11) is 0. The molecule has 0 spiro atoms. The van der Waals surface area contributed by atoms with E-state index in [4.69, 9.17) is 0 Å². The lowest BCUT2D eigenvalue weighted by Crippen LogP contribution is -2.34. The Morgan fingerprint density at radius 3 is 2.17 bits per heavy atom. The van der Waals surface area contributed by atoms with Gasteiger partial charge >= 0.3 is 6.36 Å². The summed E-state index contributed by atoms with van der Waals surface area (Å²) in [4.78, 5) is 0. The monoisotopic (exact) mass is 186 g/mol. The lowest BCUT2D eigenvalue weighted by Gasteiger charge is -2.26. The standard InChI is InChI=1S/C7H10F4O/c8-5-3-1-2-4-6(5)12-7(9,10)11/h5-6H,1-4H2. The summed E-state index contributed by atoms with van der Waals surface area (Å²) in [5.74, 6) is 0. The highest BCUT2D eigenvalue weighted by atomic mass is 19.4. The molecule has 0 bridgehead atoms. The van der Waals surface area contributed by atoms with E-state index in [0.29, 0.717) is 12.8 Å². The normalized spacial score (nSPS) is 32.0. The van der Waals surface area contributed by atoms with Crippen molar-refractivity contribution in [2.24, 2.45) is 0 Å². The second-order valence-electron chi connectivity index (χ2n) is 2.90. The van der Waals surface area contributed by atoms with E-state index in [2.05, 4.69) is 4.74 Å². The fourth-order valence-corrected chi connectivity index (χ4v) is 1.36. The second-order valence-corrected chi connectivity index (χ2v) is 2.90. The Labute approximate surface area is 67.7 Å². The van der Waals surface area contributed by atoms with Crippen molar-refractivity contribution in [1.29, 1.82) is 0 Å². The zero-order chi connectivity index (χ0) is 9.19. The third-order valence-electron chi connectivity index (χ3n) is 1.91. The third-order valence-corrected chi connectivity index (χ3v) is 1.91. The van der Waals surface area contributed by atoms with Crippen molar-refractivity contribution < 1.29 is 22.3 Å². The minimum atomic E-state index is -4.70. The van der Waals surface area contributed by atoms with Crippen molar-refractivity contribution in [3.8, 4) is 0 Å². The molecule has 0 heterocycles. The lowest BCUT2D eigenvalue weighted by atomic mass is 9.96. The molecule has 5 heteroatoms. The Morgan fingerprint density at radius 1 is 1.08 bits per heavy atom. The molecule has 1 aliphatic carbocycles. The van der Waals surface area contributed by atoms with Gasteiger partial charge in [-0.1, -0.05) is 12.8 Å². The van der Waals surface area contributed by atoms with Gasteiger partial charge in [-0.05, 0) is 12.8 Å². The quantitative estimate of drug-likeness (QED) is 0.572. The van der Waals surface area contributed by atoms with E-state index < -0.39 is 18.6 Å². The molecule has 2 atom stereocenters. The number of hydrogen-bond acceptors (Lipinski definition) is 1. The smallest absolute Gasteiger partial charge is 0.286 e. The molecule has 1 saturated carbocycles. The van der Waals surface area contributed by atoms with Crippen LogP contribution in [0.1, 0.15) is 25.7 Å². The van der Waals surface area contributed by atoms with E-state index in [1.165, 1.54) is 0 Å². The fraction of sp³-hybridized carbons (Fsp3) is 1.00. The summed E-state index contributed by atoms with van der Waals surface area (Å²) in [6.07, 6.45) is -5.83. The second kappa shape index (κ2) is 3.60. The minimum absolute atomic E-state index is 0.167. The maximum Gasteiger partial charge on any atom is 0.522 e. The van der Waals surface area contributed by atoms with Gasteiger partial charge in [0.2, 0.25) is 0 Å². The van der Waals surface area contributed by atoms with Gasteiger partial charge in [0.15, 0.2) is 0 Å². The number of ether oxygens (including phenoxy) is 1. The van der Waals surface area contributed by atoms with Gasteiger partial charge in [0.25, 0.3) is 0 Å². The molecule has 0 aromatic rings. The SMILES string of the molecule is FC1CCCCC1OC(F)(F)F. The molecule has 72 valence electrons. The molecule has 0 aromatic carbocycles. The van der Waals surface area contributed by atoms with Crippen LogP contribution < -0.4 is 0 Å². The highest BCUT2D eigenvalue weighted by Crippen LogP contribution is 2.29. The van der Waals surface area contributed by atoms with Crippen LogP contribution in [0.25, 0.3) is 0 Å². The van der Waals surface area contributed by atoms with Gasteiger partial charge in [0, 0.05) is 0 Å². The zero-order valence-electron chi connectivity index (χ0n) is 6.40. The number of alkyl halides is 4. The predicted octanol–water partition coefficient (Wildman–Crippen LogP) is 2.80. The Bertz CT molecular complexity index is 145. The minimum Gasteiger partial charge on any atom is -0.286 e. The highest BCUT2D eigenvalue weighted by Gasteiger charge is 2.38. The number of rotatable bonds is 1. The molecule has 0 N–H and O–H groups in total. The fourth-order valence-electron chi connectivity index (χ4n) is 1.36. The maximum atomic E-state index is 12.8. The van der Waals surface area contributed by atoms with E-state index >= 15 is 0 Å². The summed E-state index contributed by atoms with van der Waals surface area (Å²) in [5, 5.41) is 0. The molecule has 1 rings (SSSR count). The summed E-state index contributed by atoms with van der Waals surface area (Å²) in [5.41, 5.74) is 0. The number of halogens is 4. The maximum absolute atomic E-state index is 12.8. The first kappa shape index (κ1) is 9.77. The number of hydrogen-bond donors (Lipinski definition) is 0. The van der Waals surface area contributed by atoms with Crippen molar-refractivity contribution in [3.05, 3.63) is 0 Å². The first-order chi connectivity index (χ1) is 5.49. The van der Waals surface area contributed by atoms with Crippen molar-refractivity contribution in [3.63, 3.8) is 0 Å². The predicted molar refractivity (Wildman–Crippen MR) is 34.3 cm³/mol. The molecular formula is C7H10F4O. The zero-order valence-corrected chi connectivity index (χ0v) is 6.40. The molecular weight excluding hydrogens is 176 g/mol. The van der Waals surface area contributed by atoms with Gasteiger partial charge in [-0.15, -0.1) is 13.2 Å². The van der Waals surface area contributed by atoms with Crippen LogP contribution in [0.5, 0.6) is 0 Å². The van der Waals surface area contributed by atoms with E-state index in [-0.39, 0.29) is 12.8 Å². The van der Waals surface area contributed by atoms with Crippen molar-refractivity contribution in [2.75, 3.05) is 0 Å². The first-order valence-corrected chi connectivity index (χ1v) is 3.87. The van der Waals surface area contributed by atoms with Gasteiger partial charge in [0.05, 0.1) is 6.10 Å². The molecule has 2 unspecified atom stereocenters. The van der Waals surface area contributed by atoms with E-state index in [1.807, 2.05) is 0 Å². The highest BCUT2D eigenvalue weighted by molar-refractivity contribution is 4.75. The molecule has 0 saturated heterocycles. The van der Waals surface area contributed by atoms with Crippen LogP contribution in [0.2, 0.25) is 0 Å². The van der Waals surface area contributed by atoms with Gasteiger partial charge in [0.1, 0.15) is 6.17 Å². The van der Waals surface area contributed by atoms with Crippen LogP contribution in [-0.2, 0) is 4.74 Å². The van der Waals surface area contributed by atoms with E-state index in [9.17, 15) is 17.6 Å². The van der Waals surface area contributed by atoms with Crippen molar-refractivity contribution >= 4 is 0 Å².